The van der Waals surface area contributed by atoms with Gasteiger partial charge in [0.05, 0.1) is 9.99 Å². The Morgan fingerprint density at radius 3 is 2.28 bits per heavy atom. The molecule has 0 radical (unpaired) electrons. The van der Waals surface area contributed by atoms with Crippen molar-refractivity contribution < 1.29 is 19.8 Å². The number of hydrogen-bond acceptors (Lipinski definition) is 3. The third-order valence-corrected chi connectivity index (χ3v) is 3.01. The lowest BCUT2D eigenvalue weighted by Gasteiger charge is -2.06. The number of carboxylic acid groups (broad SMARTS) is 1. The minimum absolute atomic E-state index is 0.0428. The van der Waals surface area contributed by atoms with Crippen LogP contribution in [0.4, 0.5) is 0 Å². The molecule has 0 fully saturated rings. The molecule has 6 heteroatoms. The van der Waals surface area contributed by atoms with E-state index in [-0.39, 0.29) is 21.9 Å². The lowest BCUT2D eigenvalue weighted by Crippen LogP contribution is -2.07. The van der Waals surface area contributed by atoms with Gasteiger partial charge in [0.2, 0.25) is 0 Å². The molecule has 1 aromatic rings. The number of carboxylic acids is 1. The van der Waals surface area contributed by atoms with Crippen LogP contribution in [0, 0.1) is 5.92 Å². The molecule has 0 aromatic heterocycles. The number of halogens is 2. The number of alkyl halides is 1. The maximum Gasteiger partial charge on any atom is 0.313 e. The molecule has 4 nitrogen and oxygen atoms in total. The van der Waals surface area contributed by atoms with E-state index in [2.05, 4.69) is 15.9 Å². The summed E-state index contributed by atoms with van der Waals surface area (Å²) in [5, 5.41) is 17.1. The van der Waals surface area contributed by atoms with Crippen LogP contribution in [0.15, 0.2) is 22.7 Å². The molecular formula is C12H14BrIO4. The van der Waals surface area contributed by atoms with E-state index in [4.69, 9.17) is 5.11 Å². The quantitative estimate of drug-likeness (QED) is 0.439. The van der Waals surface area contributed by atoms with Crippen LogP contribution in [0.5, 0.6) is 5.75 Å². The number of phenols is 1. The Balaban J connectivity index is 0.000000494. The summed E-state index contributed by atoms with van der Waals surface area (Å²) in [4.78, 5) is 20.9. The van der Waals surface area contributed by atoms with Crippen molar-refractivity contribution in [3.05, 3.63) is 28.2 Å². The number of Topliss-reactive ketones (excluding diaryl/α,β-unsaturated/α-hetero) is 1. The summed E-state index contributed by atoms with van der Waals surface area (Å²) in [6.07, 6.45) is 0. The fourth-order valence-electron chi connectivity index (χ4n) is 1.02. The van der Waals surface area contributed by atoms with Crippen LogP contribution in [0.3, 0.4) is 0 Å². The molecule has 0 saturated carbocycles. The van der Waals surface area contributed by atoms with Gasteiger partial charge in [-0.1, -0.05) is 52.4 Å². The van der Waals surface area contributed by atoms with Crippen LogP contribution < -0.4 is 0 Å². The molecule has 0 aliphatic carbocycles. The van der Waals surface area contributed by atoms with Crippen LogP contribution in [-0.2, 0) is 4.79 Å². The minimum atomic E-state index is -0.759. The SMILES string of the molecule is CC(C)C(=O)c1cc(Br)ccc1O.O=C(O)CI. The Morgan fingerprint density at radius 1 is 1.39 bits per heavy atom. The molecule has 0 bridgehead atoms. The van der Waals surface area contributed by atoms with Crippen molar-refractivity contribution in [2.75, 3.05) is 4.43 Å². The summed E-state index contributed by atoms with van der Waals surface area (Å²) < 4.78 is 0.993. The highest BCUT2D eigenvalue weighted by molar-refractivity contribution is 14.1. The van der Waals surface area contributed by atoms with E-state index in [0.29, 0.717) is 5.56 Å². The summed E-state index contributed by atoms with van der Waals surface area (Å²) in [6, 6.07) is 4.85. The second kappa shape index (κ2) is 8.47. The number of hydrogen-bond donors (Lipinski definition) is 2. The van der Waals surface area contributed by atoms with Crippen LogP contribution in [0.1, 0.15) is 24.2 Å². The molecule has 1 aromatic carbocycles. The summed E-state index contributed by atoms with van der Waals surface area (Å²) in [5.41, 5.74) is 0.379. The predicted octanol–water partition coefficient (Wildman–Crippen LogP) is 3.50. The number of rotatable bonds is 3. The Morgan fingerprint density at radius 2 is 1.89 bits per heavy atom. The zero-order valence-corrected chi connectivity index (χ0v) is 13.7. The number of carbonyl (C=O) groups is 2. The minimum Gasteiger partial charge on any atom is -0.507 e. The fourth-order valence-corrected chi connectivity index (χ4v) is 1.38. The number of benzene rings is 1. The second-order valence-electron chi connectivity index (χ2n) is 3.71. The predicted molar refractivity (Wildman–Crippen MR) is 81.5 cm³/mol. The van der Waals surface area contributed by atoms with Gasteiger partial charge < -0.3 is 10.2 Å². The second-order valence-corrected chi connectivity index (χ2v) is 5.39. The average Bonchev–Trinajstić information content (AvgIpc) is 2.32. The summed E-state index contributed by atoms with van der Waals surface area (Å²) in [7, 11) is 0. The first kappa shape index (κ1) is 17.4. The van der Waals surface area contributed by atoms with Crippen molar-refractivity contribution >= 4 is 50.3 Å². The first-order valence-electron chi connectivity index (χ1n) is 5.10. The zero-order chi connectivity index (χ0) is 14.3. The standard InChI is InChI=1S/C10H11BrO2.C2H3IO2/c1-6(2)10(13)8-5-7(11)3-4-9(8)12;3-1-2(4)5/h3-6,12H,1-2H3;1H2,(H,4,5). The van der Waals surface area contributed by atoms with Crippen LogP contribution in [0.2, 0.25) is 0 Å². The topological polar surface area (TPSA) is 74.6 Å². The normalized spacial score (nSPS) is 9.61. The third-order valence-electron chi connectivity index (χ3n) is 1.86. The first-order chi connectivity index (χ1) is 8.29. The number of ketones is 1. The Labute approximate surface area is 128 Å². The monoisotopic (exact) mass is 428 g/mol. The van der Waals surface area contributed by atoms with Crippen molar-refractivity contribution in [2.24, 2.45) is 5.92 Å². The molecule has 1 rings (SSSR count). The Hall–Kier alpha value is -0.630. The fraction of sp³-hybridized carbons (Fsp3) is 0.333. The molecule has 0 amide bonds. The van der Waals surface area contributed by atoms with Crippen molar-refractivity contribution in [1.29, 1.82) is 0 Å². The lowest BCUT2D eigenvalue weighted by atomic mass is 10.0. The molecule has 0 atom stereocenters. The molecule has 0 unspecified atom stereocenters. The third kappa shape index (κ3) is 6.34. The molecule has 2 N–H and O–H groups in total. The van der Waals surface area contributed by atoms with E-state index in [0.717, 1.165) is 4.47 Å². The van der Waals surface area contributed by atoms with Gasteiger partial charge in [-0.05, 0) is 18.2 Å². The van der Waals surface area contributed by atoms with Gasteiger partial charge in [0, 0.05) is 10.4 Å². The Bertz CT molecular complexity index is 432. The largest absolute Gasteiger partial charge is 0.507 e. The summed E-state index contributed by atoms with van der Waals surface area (Å²) >= 11 is 5.03. The van der Waals surface area contributed by atoms with Crippen molar-refractivity contribution in [2.45, 2.75) is 13.8 Å². The van der Waals surface area contributed by atoms with Gasteiger partial charge in [-0.15, -0.1) is 0 Å². The maximum absolute atomic E-state index is 11.5. The molecule has 0 aliphatic heterocycles. The van der Waals surface area contributed by atoms with Crippen molar-refractivity contribution in [1.82, 2.24) is 0 Å². The van der Waals surface area contributed by atoms with Crippen molar-refractivity contribution in [3.63, 3.8) is 0 Å². The van der Waals surface area contributed by atoms with Crippen LogP contribution in [0.25, 0.3) is 0 Å². The maximum atomic E-state index is 11.5. The Kier molecular flexibility index (Phi) is 8.17. The highest BCUT2D eigenvalue weighted by Crippen LogP contribution is 2.24. The molecule has 0 saturated heterocycles. The van der Waals surface area contributed by atoms with Gasteiger partial charge >= 0.3 is 5.97 Å². The van der Waals surface area contributed by atoms with E-state index in [1.165, 1.54) is 6.07 Å². The number of phenolic OH excluding ortho intramolecular Hbond substituents is 1. The van der Waals surface area contributed by atoms with Crippen molar-refractivity contribution in [3.8, 4) is 5.75 Å². The summed E-state index contributed by atoms with van der Waals surface area (Å²) in [6.45, 7) is 3.62. The zero-order valence-electron chi connectivity index (χ0n) is 9.98. The van der Waals surface area contributed by atoms with E-state index in [9.17, 15) is 14.7 Å². The van der Waals surface area contributed by atoms with Crippen LogP contribution >= 0.6 is 38.5 Å². The van der Waals surface area contributed by atoms with Gasteiger partial charge in [-0.3, -0.25) is 9.59 Å². The first-order valence-corrected chi connectivity index (χ1v) is 7.42. The van der Waals surface area contributed by atoms with Gasteiger partial charge in [0.1, 0.15) is 5.75 Å². The van der Waals surface area contributed by atoms with Gasteiger partial charge in [0.15, 0.2) is 5.78 Å². The van der Waals surface area contributed by atoms with Crippen LogP contribution in [-0.4, -0.2) is 26.4 Å². The molecule has 100 valence electrons. The van der Waals surface area contributed by atoms with E-state index in [1.54, 1.807) is 34.7 Å². The summed E-state index contributed by atoms with van der Waals surface area (Å²) in [5.74, 6) is -0.855. The molecule has 0 aliphatic rings. The molecular weight excluding hydrogens is 415 g/mol. The van der Waals surface area contributed by atoms with E-state index in [1.807, 2.05) is 13.8 Å². The van der Waals surface area contributed by atoms with Gasteiger partial charge in [-0.25, -0.2) is 0 Å². The number of aliphatic carboxylic acids is 1. The van der Waals surface area contributed by atoms with E-state index < -0.39 is 5.97 Å². The molecule has 0 spiro atoms. The highest BCUT2D eigenvalue weighted by Gasteiger charge is 2.14. The average molecular weight is 429 g/mol. The number of carbonyl (C=O) groups excluding carboxylic acids is 1. The molecule has 0 heterocycles. The number of aromatic hydroxyl groups is 1. The van der Waals surface area contributed by atoms with Gasteiger partial charge in [-0.2, -0.15) is 0 Å². The highest BCUT2D eigenvalue weighted by atomic mass is 127. The smallest absolute Gasteiger partial charge is 0.313 e. The lowest BCUT2D eigenvalue weighted by molar-refractivity contribution is -0.133. The van der Waals surface area contributed by atoms with Gasteiger partial charge in [0.25, 0.3) is 0 Å². The molecule has 18 heavy (non-hydrogen) atoms. The van der Waals surface area contributed by atoms with E-state index >= 15 is 0 Å².